The number of aromatic nitrogens is 2. The van der Waals surface area contributed by atoms with E-state index < -0.39 is 16.7 Å². The van der Waals surface area contributed by atoms with E-state index in [1.165, 1.54) is 0 Å². The van der Waals surface area contributed by atoms with Crippen molar-refractivity contribution in [1.82, 2.24) is 9.55 Å². The zero-order valence-corrected chi connectivity index (χ0v) is 19.0. The number of nitrogens with zero attached hydrogens (tertiary/aromatic N) is 2. The standard InChI is InChI=1S/C25H28N4O2S/c1-2-13-29-17-27-15-20(29)16-32(31)21-9-7-18(8-10-21)22-11-12-28-24-6-4-3-5-19(24)14-23(22)25(26)30/h3-10,14-15,17,22,28H,2,11-13,16H2,1H3,(H2,26,30). The lowest BCUT2D eigenvalue weighted by molar-refractivity contribution is -0.114. The molecular weight excluding hydrogens is 420 g/mol. The first-order valence-corrected chi connectivity index (χ1v) is 12.2. The average Bonchev–Trinajstić information content (AvgIpc) is 3.21. The fraction of sp³-hybridized carbons (Fsp3) is 0.280. The Morgan fingerprint density at radius 2 is 2.00 bits per heavy atom. The highest BCUT2D eigenvalue weighted by molar-refractivity contribution is 7.84. The second-order valence-electron chi connectivity index (χ2n) is 7.96. The van der Waals surface area contributed by atoms with Gasteiger partial charge in [-0.1, -0.05) is 37.3 Å². The quantitative estimate of drug-likeness (QED) is 0.570. The van der Waals surface area contributed by atoms with Crippen molar-refractivity contribution in [3.8, 4) is 0 Å². The summed E-state index contributed by atoms with van der Waals surface area (Å²) in [5, 5.41) is 3.44. The fourth-order valence-corrected chi connectivity index (χ4v) is 5.24. The molecular formula is C25H28N4O2S. The minimum absolute atomic E-state index is 0.123. The molecule has 1 amide bonds. The Labute approximate surface area is 191 Å². The van der Waals surface area contributed by atoms with Gasteiger partial charge < -0.3 is 15.6 Å². The third kappa shape index (κ3) is 4.83. The number of nitrogens with one attached hydrogen (secondary N) is 1. The number of carbonyl (C=O) groups is 1. The van der Waals surface area contributed by atoms with Gasteiger partial charge in [-0.15, -0.1) is 0 Å². The number of imidazole rings is 1. The summed E-state index contributed by atoms with van der Waals surface area (Å²) in [5.74, 6) is -0.110. The minimum atomic E-state index is -1.17. The van der Waals surface area contributed by atoms with Gasteiger partial charge in [-0.05, 0) is 48.2 Å². The van der Waals surface area contributed by atoms with E-state index in [4.69, 9.17) is 5.73 Å². The molecule has 0 spiro atoms. The lowest BCUT2D eigenvalue weighted by atomic mass is 9.85. The van der Waals surface area contributed by atoms with Crippen LogP contribution in [0, 0.1) is 0 Å². The zero-order valence-electron chi connectivity index (χ0n) is 18.2. The van der Waals surface area contributed by atoms with Crippen LogP contribution < -0.4 is 11.1 Å². The molecule has 6 nitrogen and oxygen atoms in total. The Kier molecular flexibility index (Phi) is 6.85. The van der Waals surface area contributed by atoms with Crippen LogP contribution in [0.2, 0.25) is 0 Å². The van der Waals surface area contributed by atoms with Gasteiger partial charge in [0, 0.05) is 41.4 Å². The Hall–Kier alpha value is -3.19. The normalized spacial score (nSPS) is 16.8. The maximum atomic E-state index is 12.9. The molecule has 7 heteroatoms. The lowest BCUT2D eigenvalue weighted by Crippen LogP contribution is -2.23. The van der Waals surface area contributed by atoms with Crippen molar-refractivity contribution in [3.63, 3.8) is 0 Å². The number of hydrogen-bond acceptors (Lipinski definition) is 4. The second kappa shape index (κ2) is 9.96. The number of hydrogen-bond donors (Lipinski definition) is 2. The van der Waals surface area contributed by atoms with Gasteiger partial charge in [0.25, 0.3) is 0 Å². The van der Waals surface area contributed by atoms with Gasteiger partial charge in [-0.3, -0.25) is 9.00 Å². The van der Waals surface area contributed by atoms with Gasteiger partial charge >= 0.3 is 0 Å². The Morgan fingerprint density at radius 1 is 1.22 bits per heavy atom. The van der Waals surface area contributed by atoms with Gasteiger partial charge in [0.1, 0.15) is 0 Å². The fourth-order valence-electron chi connectivity index (χ4n) is 4.13. The van der Waals surface area contributed by atoms with Crippen LogP contribution in [0.5, 0.6) is 0 Å². The highest BCUT2D eigenvalue weighted by atomic mass is 32.2. The Morgan fingerprint density at radius 3 is 2.75 bits per heavy atom. The summed E-state index contributed by atoms with van der Waals surface area (Å²) < 4.78 is 15.0. The predicted octanol–water partition coefficient (Wildman–Crippen LogP) is 4.07. The maximum absolute atomic E-state index is 12.9. The maximum Gasteiger partial charge on any atom is 0.245 e. The summed E-state index contributed by atoms with van der Waals surface area (Å²) in [5.41, 5.74) is 10.3. The molecule has 2 heterocycles. The van der Waals surface area contributed by atoms with Crippen LogP contribution in [-0.4, -0.2) is 26.2 Å². The zero-order chi connectivity index (χ0) is 22.5. The molecule has 1 aliphatic heterocycles. The molecule has 0 fully saturated rings. The third-order valence-electron chi connectivity index (χ3n) is 5.77. The van der Waals surface area contributed by atoms with Gasteiger partial charge in [0.15, 0.2) is 0 Å². The molecule has 0 bridgehead atoms. The number of primary amides is 1. The number of anilines is 1. The number of aryl methyl sites for hydroxylation is 1. The monoisotopic (exact) mass is 448 g/mol. The summed E-state index contributed by atoms with van der Waals surface area (Å²) in [6, 6.07) is 15.6. The first-order chi connectivity index (χ1) is 15.6. The van der Waals surface area contributed by atoms with Crippen LogP contribution in [-0.2, 0) is 27.9 Å². The van der Waals surface area contributed by atoms with E-state index in [1.54, 1.807) is 12.5 Å². The predicted molar refractivity (Wildman–Crippen MR) is 129 cm³/mol. The first kappa shape index (κ1) is 22.0. The molecule has 0 radical (unpaired) electrons. The molecule has 3 N–H and O–H groups in total. The van der Waals surface area contributed by atoms with Crippen molar-refractivity contribution in [3.05, 3.63) is 83.4 Å². The van der Waals surface area contributed by atoms with Crippen LogP contribution in [0.4, 0.5) is 5.69 Å². The van der Waals surface area contributed by atoms with Crippen LogP contribution in [0.1, 0.15) is 42.5 Å². The van der Waals surface area contributed by atoms with Gasteiger partial charge in [0.2, 0.25) is 5.91 Å². The molecule has 1 aliphatic rings. The third-order valence-corrected chi connectivity index (χ3v) is 7.12. The highest BCUT2D eigenvalue weighted by Crippen LogP contribution is 2.33. The second-order valence-corrected chi connectivity index (χ2v) is 9.41. The molecule has 1 aromatic heterocycles. The molecule has 4 rings (SSSR count). The topological polar surface area (TPSA) is 90.0 Å². The van der Waals surface area contributed by atoms with Crippen LogP contribution in [0.3, 0.4) is 0 Å². The molecule has 3 aromatic rings. The highest BCUT2D eigenvalue weighted by Gasteiger charge is 2.23. The lowest BCUT2D eigenvalue weighted by Gasteiger charge is -2.23. The van der Waals surface area contributed by atoms with Crippen molar-refractivity contribution < 1.29 is 9.00 Å². The van der Waals surface area contributed by atoms with Crippen molar-refractivity contribution >= 4 is 28.5 Å². The first-order valence-electron chi connectivity index (χ1n) is 10.9. The smallest absolute Gasteiger partial charge is 0.245 e. The van der Waals surface area contributed by atoms with E-state index in [0.29, 0.717) is 11.3 Å². The van der Waals surface area contributed by atoms with Crippen molar-refractivity contribution in [2.45, 2.75) is 42.9 Å². The van der Waals surface area contributed by atoms with Gasteiger partial charge in [0.05, 0.1) is 28.6 Å². The summed E-state index contributed by atoms with van der Waals surface area (Å²) >= 11 is 0. The Bertz CT molecular complexity index is 1150. The van der Waals surface area contributed by atoms with Gasteiger partial charge in [-0.2, -0.15) is 0 Å². The van der Waals surface area contributed by atoms with Crippen LogP contribution in [0.15, 0.2) is 71.5 Å². The van der Waals surface area contributed by atoms with E-state index >= 15 is 0 Å². The number of fused-ring (bicyclic) bond motifs is 1. The van der Waals surface area contributed by atoms with E-state index in [1.807, 2.05) is 54.6 Å². The molecule has 0 aliphatic carbocycles. The summed E-state index contributed by atoms with van der Waals surface area (Å²) in [4.78, 5) is 17.3. The number of para-hydroxylation sites is 1. The van der Waals surface area contributed by atoms with E-state index in [9.17, 15) is 9.00 Å². The van der Waals surface area contributed by atoms with Crippen molar-refractivity contribution in [2.24, 2.45) is 5.73 Å². The van der Waals surface area contributed by atoms with Crippen LogP contribution >= 0.6 is 0 Å². The minimum Gasteiger partial charge on any atom is -0.385 e. The molecule has 32 heavy (non-hydrogen) atoms. The molecule has 0 saturated heterocycles. The number of nitrogens with two attached hydrogens (primary N) is 1. The van der Waals surface area contributed by atoms with E-state index in [2.05, 4.69) is 21.8 Å². The summed E-state index contributed by atoms with van der Waals surface area (Å²) in [6.07, 6.45) is 7.20. The molecule has 2 unspecified atom stereocenters. The van der Waals surface area contributed by atoms with Crippen LogP contribution in [0.25, 0.3) is 6.08 Å². The van der Waals surface area contributed by atoms with E-state index in [0.717, 1.165) is 53.3 Å². The van der Waals surface area contributed by atoms with Crippen molar-refractivity contribution in [1.29, 1.82) is 0 Å². The summed E-state index contributed by atoms with van der Waals surface area (Å²) in [7, 11) is -1.17. The number of rotatable bonds is 7. The number of benzene rings is 2. The number of amides is 1. The molecule has 2 atom stereocenters. The number of carbonyl (C=O) groups excluding carboxylic acids is 1. The molecule has 166 valence electrons. The largest absolute Gasteiger partial charge is 0.385 e. The SMILES string of the molecule is CCCn1cncc1CS(=O)c1ccc(C2CCNc3ccccc3C=C2C(N)=O)cc1. The van der Waals surface area contributed by atoms with Gasteiger partial charge in [-0.25, -0.2) is 4.98 Å². The molecule has 2 aromatic carbocycles. The Balaban J connectivity index is 1.57. The van der Waals surface area contributed by atoms with E-state index in [-0.39, 0.29) is 5.92 Å². The average molecular weight is 449 g/mol. The van der Waals surface area contributed by atoms with Crippen molar-refractivity contribution in [2.75, 3.05) is 11.9 Å². The summed E-state index contributed by atoms with van der Waals surface area (Å²) in [6.45, 7) is 3.70. The molecule has 0 saturated carbocycles.